The van der Waals surface area contributed by atoms with Gasteiger partial charge in [0.25, 0.3) is 0 Å². The molecule has 1 aromatic rings. The van der Waals surface area contributed by atoms with Crippen LogP contribution >= 0.6 is 0 Å². The Balaban J connectivity index is 2.14. The van der Waals surface area contributed by atoms with Gasteiger partial charge in [0, 0.05) is 12.6 Å². The Bertz CT molecular complexity index is 450. The van der Waals surface area contributed by atoms with Crippen LogP contribution in [0.25, 0.3) is 0 Å². The van der Waals surface area contributed by atoms with Gasteiger partial charge in [0.1, 0.15) is 0 Å². The zero-order valence-corrected chi connectivity index (χ0v) is 12.0. The molecule has 1 N–H and O–H groups in total. The Kier molecular flexibility index (Phi) is 4.25. The van der Waals surface area contributed by atoms with E-state index in [1.165, 1.54) is 16.7 Å². The molecule has 2 atom stereocenters. The van der Waals surface area contributed by atoms with Gasteiger partial charge in [-0.3, -0.25) is 9.69 Å². The van der Waals surface area contributed by atoms with E-state index in [9.17, 15) is 4.79 Å². The lowest BCUT2D eigenvalue weighted by molar-refractivity contribution is -0.143. The molecule has 1 aliphatic heterocycles. The maximum absolute atomic E-state index is 11.1. The summed E-state index contributed by atoms with van der Waals surface area (Å²) in [5.74, 6) is -0.862. The third-order valence-electron chi connectivity index (χ3n) is 4.08. The molecular formula is C16H23NO2. The van der Waals surface area contributed by atoms with Crippen LogP contribution < -0.4 is 0 Å². The van der Waals surface area contributed by atoms with Crippen LogP contribution in [0.15, 0.2) is 18.2 Å². The smallest absolute Gasteiger partial charge is 0.307 e. The zero-order chi connectivity index (χ0) is 14.0. The molecule has 1 saturated heterocycles. The summed E-state index contributed by atoms with van der Waals surface area (Å²) in [4.78, 5) is 13.4. The number of carboxylic acid groups (broad SMARTS) is 1. The lowest BCUT2D eigenvalue weighted by Gasteiger charge is -2.35. The fraction of sp³-hybridized carbons (Fsp3) is 0.562. The van der Waals surface area contributed by atoms with Crippen molar-refractivity contribution in [3.05, 3.63) is 34.9 Å². The molecule has 2 unspecified atom stereocenters. The molecule has 0 radical (unpaired) electrons. The molecule has 3 heteroatoms. The predicted molar refractivity (Wildman–Crippen MR) is 76.3 cm³/mol. The molecule has 1 heterocycles. The molecule has 1 aliphatic rings. The largest absolute Gasteiger partial charge is 0.481 e. The maximum atomic E-state index is 11.1. The first kappa shape index (κ1) is 14.1. The third kappa shape index (κ3) is 3.35. The summed E-state index contributed by atoms with van der Waals surface area (Å²) in [6.07, 6.45) is 1.79. The maximum Gasteiger partial charge on any atom is 0.307 e. The van der Waals surface area contributed by atoms with E-state index in [0.29, 0.717) is 12.6 Å². The second-order valence-corrected chi connectivity index (χ2v) is 5.77. The summed E-state index contributed by atoms with van der Waals surface area (Å²) in [6, 6.07) is 6.89. The monoisotopic (exact) mass is 261 g/mol. The summed E-state index contributed by atoms with van der Waals surface area (Å²) in [6.45, 7) is 8.07. The van der Waals surface area contributed by atoms with Gasteiger partial charge in [0.05, 0.1) is 5.92 Å². The van der Waals surface area contributed by atoms with E-state index in [2.05, 4.69) is 43.9 Å². The normalized spacial score (nSPS) is 22.2. The number of likely N-dealkylation sites (tertiary alicyclic amines) is 1. The van der Waals surface area contributed by atoms with Gasteiger partial charge in [-0.25, -0.2) is 0 Å². The summed E-state index contributed by atoms with van der Waals surface area (Å²) in [5.41, 5.74) is 3.84. The Morgan fingerprint density at radius 2 is 1.95 bits per heavy atom. The third-order valence-corrected chi connectivity index (χ3v) is 4.08. The van der Waals surface area contributed by atoms with Crippen LogP contribution in [0, 0.1) is 19.8 Å². The van der Waals surface area contributed by atoms with E-state index in [0.717, 1.165) is 19.4 Å². The van der Waals surface area contributed by atoms with Crippen LogP contribution in [0.3, 0.4) is 0 Å². The van der Waals surface area contributed by atoms with Crippen molar-refractivity contribution in [2.45, 2.75) is 39.7 Å². The van der Waals surface area contributed by atoms with E-state index in [1.54, 1.807) is 0 Å². The number of carbonyl (C=O) groups is 1. The highest BCUT2D eigenvalue weighted by atomic mass is 16.4. The number of benzene rings is 1. The summed E-state index contributed by atoms with van der Waals surface area (Å²) in [5, 5.41) is 9.17. The fourth-order valence-corrected chi connectivity index (χ4v) is 3.02. The van der Waals surface area contributed by atoms with Gasteiger partial charge < -0.3 is 5.11 Å². The number of carboxylic acids is 1. The molecule has 2 rings (SSSR count). The average molecular weight is 261 g/mol. The minimum atomic E-state index is -0.655. The summed E-state index contributed by atoms with van der Waals surface area (Å²) >= 11 is 0. The van der Waals surface area contributed by atoms with Gasteiger partial charge in [0.15, 0.2) is 0 Å². The van der Waals surface area contributed by atoms with Crippen molar-refractivity contribution < 1.29 is 9.90 Å². The molecule has 1 aromatic carbocycles. The van der Waals surface area contributed by atoms with E-state index >= 15 is 0 Å². The SMILES string of the molecule is Cc1cc(C)cc(C(C)N2CCCC(C(=O)O)C2)c1. The van der Waals surface area contributed by atoms with Crippen molar-refractivity contribution in [1.29, 1.82) is 0 Å². The standard InChI is InChI=1S/C16H23NO2/c1-11-7-12(2)9-15(8-11)13(3)17-6-4-5-14(10-17)16(18)19/h7-9,13-14H,4-6,10H2,1-3H3,(H,18,19). The highest BCUT2D eigenvalue weighted by Crippen LogP contribution is 2.27. The molecule has 3 nitrogen and oxygen atoms in total. The van der Waals surface area contributed by atoms with Crippen LogP contribution in [0.4, 0.5) is 0 Å². The van der Waals surface area contributed by atoms with E-state index in [-0.39, 0.29) is 5.92 Å². The quantitative estimate of drug-likeness (QED) is 0.908. The fourth-order valence-electron chi connectivity index (χ4n) is 3.02. The minimum Gasteiger partial charge on any atom is -0.481 e. The van der Waals surface area contributed by atoms with E-state index in [4.69, 9.17) is 5.11 Å². The molecule has 0 spiro atoms. The Morgan fingerprint density at radius 1 is 1.32 bits per heavy atom. The van der Waals surface area contributed by atoms with E-state index < -0.39 is 5.97 Å². The zero-order valence-electron chi connectivity index (χ0n) is 12.0. The van der Waals surface area contributed by atoms with Gasteiger partial charge in [-0.05, 0) is 45.7 Å². The first-order chi connectivity index (χ1) is 8.97. The topological polar surface area (TPSA) is 40.5 Å². The van der Waals surface area contributed by atoms with Crippen LogP contribution in [-0.2, 0) is 4.79 Å². The van der Waals surface area contributed by atoms with Crippen LogP contribution in [-0.4, -0.2) is 29.1 Å². The van der Waals surface area contributed by atoms with Gasteiger partial charge in [-0.2, -0.15) is 0 Å². The van der Waals surface area contributed by atoms with Crippen molar-refractivity contribution in [1.82, 2.24) is 4.90 Å². The van der Waals surface area contributed by atoms with Gasteiger partial charge >= 0.3 is 5.97 Å². The van der Waals surface area contributed by atoms with Crippen molar-refractivity contribution in [3.8, 4) is 0 Å². The number of nitrogens with zero attached hydrogens (tertiary/aromatic N) is 1. The number of piperidine rings is 1. The van der Waals surface area contributed by atoms with Crippen LogP contribution in [0.5, 0.6) is 0 Å². The van der Waals surface area contributed by atoms with E-state index in [1.807, 2.05) is 0 Å². The van der Waals surface area contributed by atoms with Crippen LogP contribution in [0.2, 0.25) is 0 Å². The molecule has 0 amide bonds. The number of hydrogen-bond acceptors (Lipinski definition) is 2. The molecule has 19 heavy (non-hydrogen) atoms. The van der Waals surface area contributed by atoms with Gasteiger partial charge in [-0.15, -0.1) is 0 Å². The Hall–Kier alpha value is -1.35. The highest BCUT2D eigenvalue weighted by Gasteiger charge is 2.28. The first-order valence-electron chi connectivity index (χ1n) is 7.02. The summed E-state index contributed by atoms with van der Waals surface area (Å²) in [7, 11) is 0. The van der Waals surface area contributed by atoms with Gasteiger partial charge in [-0.1, -0.05) is 29.3 Å². The average Bonchev–Trinajstić information content (AvgIpc) is 2.37. The number of hydrogen-bond donors (Lipinski definition) is 1. The second kappa shape index (κ2) is 5.74. The summed E-state index contributed by atoms with van der Waals surface area (Å²) < 4.78 is 0. The van der Waals surface area contributed by atoms with Gasteiger partial charge in [0.2, 0.25) is 0 Å². The van der Waals surface area contributed by atoms with Crippen molar-refractivity contribution in [3.63, 3.8) is 0 Å². The molecule has 0 bridgehead atoms. The number of aliphatic carboxylic acids is 1. The molecule has 0 saturated carbocycles. The Morgan fingerprint density at radius 3 is 2.53 bits per heavy atom. The van der Waals surface area contributed by atoms with Crippen molar-refractivity contribution >= 4 is 5.97 Å². The molecule has 1 fully saturated rings. The minimum absolute atomic E-state index is 0.206. The molecule has 0 aromatic heterocycles. The number of rotatable bonds is 3. The van der Waals surface area contributed by atoms with Crippen molar-refractivity contribution in [2.24, 2.45) is 5.92 Å². The Labute approximate surface area is 115 Å². The number of aryl methyl sites for hydroxylation is 2. The highest BCUT2D eigenvalue weighted by molar-refractivity contribution is 5.70. The first-order valence-corrected chi connectivity index (χ1v) is 7.02. The molecule has 0 aliphatic carbocycles. The van der Waals surface area contributed by atoms with Crippen LogP contribution in [0.1, 0.15) is 42.5 Å². The predicted octanol–water partition coefficient (Wildman–Crippen LogP) is 3.16. The lowest BCUT2D eigenvalue weighted by Crippen LogP contribution is -2.40. The second-order valence-electron chi connectivity index (χ2n) is 5.77. The molecule has 104 valence electrons. The molecular weight excluding hydrogens is 238 g/mol. The lowest BCUT2D eigenvalue weighted by atomic mass is 9.94. The van der Waals surface area contributed by atoms with Crippen molar-refractivity contribution in [2.75, 3.05) is 13.1 Å².